The molecule has 0 aromatic heterocycles. The SMILES string of the molecule is C=CCN(CCO)C(=O)COc1cc(C)ccc1Cl. The molecule has 0 saturated carbocycles. The van der Waals surface area contributed by atoms with Crippen molar-refractivity contribution in [2.24, 2.45) is 0 Å². The van der Waals surface area contributed by atoms with Crippen molar-refractivity contribution in [1.29, 1.82) is 0 Å². The van der Waals surface area contributed by atoms with Gasteiger partial charge in [-0.15, -0.1) is 6.58 Å². The van der Waals surface area contributed by atoms with Crippen LogP contribution in [-0.4, -0.2) is 42.2 Å². The summed E-state index contributed by atoms with van der Waals surface area (Å²) in [5.74, 6) is 0.268. The van der Waals surface area contributed by atoms with Gasteiger partial charge in [0.25, 0.3) is 5.91 Å². The Morgan fingerprint density at radius 2 is 2.32 bits per heavy atom. The molecule has 0 spiro atoms. The van der Waals surface area contributed by atoms with E-state index in [1.165, 1.54) is 4.90 Å². The van der Waals surface area contributed by atoms with Crippen molar-refractivity contribution in [1.82, 2.24) is 4.90 Å². The summed E-state index contributed by atoms with van der Waals surface area (Å²) < 4.78 is 5.41. The number of carbonyl (C=O) groups excluding carboxylic acids is 1. The number of rotatable bonds is 7. The molecule has 0 saturated heterocycles. The Morgan fingerprint density at radius 1 is 1.58 bits per heavy atom. The van der Waals surface area contributed by atoms with Crippen molar-refractivity contribution in [2.45, 2.75) is 6.92 Å². The van der Waals surface area contributed by atoms with E-state index in [1.54, 1.807) is 18.2 Å². The standard InChI is InChI=1S/C14H18ClNO3/c1-3-6-16(7-8-17)14(18)10-19-13-9-11(2)4-5-12(13)15/h3-5,9,17H,1,6-8,10H2,2H3. The second-order valence-electron chi connectivity index (χ2n) is 4.07. The smallest absolute Gasteiger partial charge is 0.260 e. The van der Waals surface area contributed by atoms with Crippen molar-refractivity contribution >= 4 is 17.5 Å². The lowest BCUT2D eigenvalue weighted by atomic mass is 10.2. The molecule has 0 radical (unpaired) electrons. The summed E-state index contributed by atoms with van der Waals surface area (Å²) in [7, 11) is 0. The summed E-state index contributed by atoms with van der Waals surface area (Å²) in [4.78, 5) is 13.4. The summed E-state index contributed by atoms with van der Waals surface area (Å²) in [5, 5.41) is 9.36. The van der Waals surface area contributed by atoms with Gasteiger partial charge in [-0.2, -0.15) is 0 Å². The van der Waals surface area contributed by atoms with Crippen LogP contribution >= 0.6 is 11.6 Å². The number of benzene rings is 1. The topological polar surface area (TPSA) is 49.8 Å². The quantitative estimate of drug-likeness (QED) is 0.779. The minimum absolute atomic E-state index is 0.0925. The number of nitrogens with zero attached hydrogens (tertiary/aromatic N) is 1. The molecule has 0 aliphatic carbocycles. The van der Waals surface area contributed by atoms with Crippen molar-refractivity contribution in [3.05, 3.63) is 41.4 Å². The second kappa shape index (κ2) is 7.81. The van der Waals surface area contributed by atoms with Crippen LogP contribution in [0.5, 0.6) is 5.75 Å². The molecule has 4 nitrogen and oxygen atoms in total. The van der Waals surface area contributed by atoms with Gasteiger partial charge in [-0.05, 0) is 24.6 Å². The van der Waals surface area contributed by atoms with Crippen molar-refractivity contribution in [3.8, 4) is 5.75 Å². The van der Waals surface area contributed by atoms with Crippen molar-refractivity contribution in [3.63, 3.8) is 0 Å². The van der Waals surface area contributed by atoms with E-state index in [4.69, 9.17) is 21.4 Å². The first-order chi connectivity index (χ1) is 9.08. The van der Waals surface area contributed by atoms with Crippen LogP contribution in [0.25, 0.3) is 0 Å². The van der Waals surface area contributed by atoms with E-state index in [9.17, 15) is 4.79 Å². The predicted octanol–water partition coefficient (Wildman–Crippen LogP) is 2.03. The Kier molecular flexibility index (Phi) is 6.39. The maximum absolute atomic E-state index is 11.9. The summed E-state index contributed by atoms with van der Waals surface area (Å²) in [6.07, 6.45) is 1.60. The fourth-order valence-electron chi connectivity index (χ4n) is 1.55. The molecule has 104 valence electrons. The Labute approximate surface area is 118 Å². The second-order valence-corrected chi connectivity index (χ2v) is 4.48. The molecular formula is C14H18ClNO3. The third kappa shape index (κ3) is 4.93. The van der Waals surface area contributed by atoms with Gasteiger partial charge >= 0.3 is 0 Å². The van der Waals surface area contributed by atoms with Crippen LogP contribution in [0.15, 0.2) is 30.9 Å². The molecule has 0 unspecified atom stereocenters. The highest BCUT2D eigenvalue weighted by molar-refractivity contribution is 6.32. The maximum Gasteiger partial charge on any atom is 0.260 e. The normalized spacial score (nSPS) is 10.1. The zero-order chi connectivity index (χ0) is 14.3. The monoisotopic (exact) mass is 283 g/mol. The Balaban J connectivity index is 2.61. The van der Waals surface area contributed by atoms with E-state index >= 15 is 0 Å². The first-order valence-corrected chi connectivity index (χ1v) is 6.34. The zero-order valence-corrected chi connectivity index (χ0v) is 11.7. The van der Waals surface area contributed by atoms with Gasteiger partial charge in [-0.1, -0.05) is 23.7 Å². The van der Waals surface area contributed by atoms with Crippen LogP contribution in [0, 0.1) is 6.92 Å². The number of halogens is 1. The minimum Gasteiger partial charge on any atom is -0.482 e. The summed E-state index contributed by atoms with van der Waals surface area (Å²) in [6.45, 7) is 5.92. The lowest BCUT2D eigenvalue weighted by Gasteiger charge is -2.20. The number of amides is 1. The minimum atomic E-state index is -0.216. The summed E-state index contributed by atoms with van der Waals surface area (Å²) in [6, 6.07) is 5.37. The molecule has 1 N–H and O–H groups in total. The van der Waals surface area contributed by atoms with Crippen LogP contribution in [0.2, 0.25) is 5.02 Å². The largest absolute Gasteiger partial charge is 0.482 e. The third-order valence-electron chi connectivity index (χ3n) is 2.51. The molecular weight excluding hydrogens is 266 g/mol. The highest BCUT2D eigenvalue weighted by atomic mass is 35.5. The highest BCUT2D eigenvalue weighted by Crippen LogP contribution is 2.25. The molecule has 0 atom stereocenters. The molecule has 0 aliphatic rings. The van der Waals surface area contributed by atoms with E-state index in [1.807, 2.05) is 13.0 Å². The average molecular weight is 284 g/mol. The molecule has 1 rings (SSSR count). The van der Waals surface area contributed by atoms with Gasteiger partial charge in [0, 0.05) is 13.1 Å². The van der Waals surface area contributed by atoms with E-state index < -0.39 is 0 Å². The Bertz CT molecular complexity index is 448. The molecule has 0 heterocycles. The first-order valence-electron chi connectivity index (χ1n) is 5.97. The Hall–Kier alpha value is -1.52. The molecule has 0 aliphatic heterocycles. The number of ether oxygens (including phenoxy) is 1. The molecule has 1 amide bonds. The van der Waals surface area contributed by atoms with Crippen LogP contribution < -0.4 is 4.74 Å². The van der Waals surface area contributed by atoms with Crippen LogP contribution in [0.1, 0.15) is 5.56 Å². The van der Waals surface area contributed by atoms with E-state index in [-0.39, 0.29) is 25.7 Å². The fraction of sp³-hybridized carbons (Fsp3) is 0.357. The number of aliphatic hydroxyl groups excluding tert-OH is 1. The first kappa shape index (κ1) is 15.5. The lowest BCUT2D eigenvalue weighted by molar-refractivity contribution is -0.133. The summed E-state index contributed by atoms with van der Waals surface area (Å²) in [5.41, 5.74) is 1.00. The lowest BCUT2D eigenvalue weighted by Crippen LogP contribution is -2.37. The van der Waals surface area contributed by atoms with Gasteiger partial charge in [-0.25, -0.2) is 0 Å². The van der Waals surface area contributed by atoms with Crippen molar-refractivity contribution < 1.29 is 14.6 Å². The summed E-state index contributed by atoms with van der Waals surface area (Å²) >= 11 is 5.98. The number of carbonyl (C=O) groups is 1. The van der Waals surface area contributed by atoms with Gasteiger partial charge in [0.2, 0.25) is 0 Å². The molecule has 1 aromatic rings. The highest BCUT2D eigenvalue weighted by Gasteiger charge is 2.13. The van der Waals surface area contributed by atoms with Crippen LogP contribution in [0.3, 0.4) is 0 Å². The zero-order valence-electron chi connectivity index (χ0n) is 10.9. The van der Waals surface area contributed by atoms with Crippen LogP contribution in [0.4, 0.5) is 0 Å². The average Bonchev–Trinajstić information content (AvgIpc) is 2.39. The third-order valence-corrected chi connectivity index (χ3v) is 2.82. The van der Waals surface area contributed by atoms with E-state index in [2.05, 4.69) is 6.58 Å². The molecule has 19 heavy (non-hydrogen) atoms. The molecule has 5 heteroatoms. The van der Waals surface area contributed by atoms with Gasteiger partial charge < -0.3 is 14.7 Å². The van der Waals surface area contributed by atoms with E-state index in [0.29, 0.717) is 17.3 Å². The number of aryl methyl sites for hydroxylation is 1. The number of hydrogen-bond acceptors (Lipinski definition) is 3. The Morgan fingerprint density at radius 3 is 2.95 bits per heavy atom. The van der Waals surface area contributed by atoms with Gasteiger partial charge in [0.05, 0.1) is 11.6 Å². The van der Waals surface area contributed by atoms with Crippen molar-refractivity contribution in [2.75, 3.05) is 26.3 Å². The van der Waals surface area contributed by atoms with Gasteiger partial charge in [0.1, 0.15) is 5.75 Å². The van der Waals surface area contributed by atoms with Gasteiger partial charge in [0.15, 0.2) is 6.61 Å². The molecule has 1 aromatic carbocycles. The fourth-order valence-corrected chi connectivity index (χ4v) is 1.72. The van der Waals surface area contributed by atoms with E-state index in [0.717, 1.165) is 5.56 Å². The number of aliphatic hydroxyl groups is 1. The predicted molar refractivity (Wildman–Crippen MR) is 75.5 cm³/mol. The van der Waals surface area contributed by atoms with Gasteiger partial charge in [-0.3, -0.25) is 4.79 Å². The van der Waals surface area contributed by atoms with Crippen LogP contribution in [-0.2, 0) is 4.79 Å². The number of hydrogen-bond donors (Lipinski definition) is 1. The molecule has 0 fully saturated rings. The molecule has 0 bridgehead atoms. The maximum atomic E-state index is 11.9.